The maximum Gasteiger partial charge on any atom is 0.268 e. The summed E-state index contributed by atoms with van der Waals surface area (Å²) in [6.07, 6.45) is 0.0204. The second-order valence-electron chi connectivity index (χ2n) is 9.75. The van der Waals surface area contributed by atoms with Gasteiger partial charge in [-0.15, -0.1) is 0 Å². The van der Waals surface area contributed by atoms with Crippen LogP contribution in [0.25, 0.3) is 11.1 Å². The smallest absolute Gasteiger partial charge is 0.268 e. The summed E-state index contributed by atoms with van der Waals surface area (Å²) in [4.78, 5) is 12.7. The zero-order valence-corrected chi connectivity index (χ0v) is 23.4. The van der Waals surface area contributed by atoms with E-state index < -0.39 is 22.0 Å². The number of ether oxygens (including phenoxy) is 1. The van der Waals surface area contributed by atoms with E-state index in [2.05, 4.69) is 10.0 Å². The lowest BCUT2D eigenvalue weighted by Gasteiger charge is -2.20. The second kappa shape index (κ2) is 14.2. The molecule has 2 atom stereocenters. The average molecular weight is 555 g/mol. The van der Waals surface area contributed by atoms with E-state index in [1.54, 1.807) is 18.2 Å². The topological polar surface area (TPSA) is 125 Å². The summed E-state index contributed by atoms with van der Waals surface area (Å²) in [7, 11) is -3.87. The van der Waals surface area contributed by atoms with Gasteiger partial charge in [0.05, 0.1) is 23.5 Å². The van der Waals surface area contributed by atoms with Crippen LogP contribution in [0.1, 0.15) is 54.8 Å². The van der Waals surface area contributed by atoms with Gasteiger partial charge in [0, 0.05) is 12.6 Å². The molecule has 8 nitrogen and oxygen atoms in total. The molecule has 0 aromatic heterocycles. The molecular formula is C30H38N2O6S. The van der Waals surface area contributed by atoms with Gasteiger partial charge in [-0.25, -0.2) is 13.1 Å². The monoisotopic (exact) mass is 554 g/mol. The predicted molar refractivity (Wildman–Crippen MR) is 153 cm³/mol. The molecule has 0 heterocycles. The minimum atomic E-state index is -3.87. The van der Waals surface area contributed by atoms with Crippen LogP contribution in [-0.2, 0) is 16.4 Å². The fraction of sp³-hybridized carbons (Fsp3) is 0.367. The summed E-state index contributed by atoms with van der Waals surface area (Å²) in [5.41, 5.74) is 3.89. The van der Waals surface area contributed by atoms with Crippen LogP contribution >= 0.6 is 0 Å². The summed E-state index contributed by atoms with van der Waals surface area (Å²) < 4.78 is 32.2. The molecule has 0 aliphatic carbocycles. The normalized spacial score (nSPS) is 13.2. The maximum atomic E-state index is 12.7. The highest BCUT2D eigenvalue weighted by atomic mass is 32.2. The van der Waals surface area contributed by atoms with Crippen molar-refractivity contribution >= 4 is 15.9 Å². The molecule has 0 fully saturated rings. The molecule has 210 valence electrons. The number of aliphatic hydroxyl groups is 2. The van der Waals surface area contributed by atoms with Gasteiger partial charge in [0.1, 0.15) is 5.75 Å². The molecule has 1 amide bonds. The minimum Gasteiger partial charge on any atom is -0.490 e. The first-order chi connectivity index (χ1) is 18.6. The maximum absolute atomic E-state index is 12.7. The Balaban J connectivity index is 1.66. The number of carbonyl (C=O) groups is 1. The molecule has 0 spiro atoms. The van der Waals surface area contributed by atoms with Crippen LogP contribution in [0.2, 0.25) is 0 Å². The van der Waals surface area contributed by atoms with Crippen LogP contribution in [-0.4, -0.2) is 55.6 Å². The van der Waals surface area contributed by atoms with Gasteiger partial charge >= 0.3 is 0 Å². The highest BCUT2D eigenvalue weighted by Gasteiger charge is 2.20. The molecule has 9 heteroatoms. The standard InChI is InChI=1S/C30H38N2O6S/c1-21(2)38-28-20-26(14-15-27(28)30(35)32-39(36,37)19-7-18-33)24-12-10-23(11-13-24)16-17-31-22(3)29(34)25-8-5-4-6-9-25/h4-6,8-15,20-22,29,31,33-34H,7,16-19H2,1-3H3,(H,32,35)/t22-,29-/m0/s1. The van der Waals surface area contributed by atoms with Crippen molar-refractivity contribution in [1.29, 1.82) is 0 Å². The SMILES string of the molecule is CC(C)Oc1cc(-c2ccc(CCN[C@@H](C)[C@H](O)c3ccccc3)cc2)ccc1C(=O)NS(=O)(=O)CCCO. The number of amides is 1. The zero-order valence-electron chi connectivity index (χ0n) is 22.6. The number of rotatable bonds is 14. The van der Waals surface area contributed by atoms with Crippen molar-refractivity contribution in [2.24, 2.45) is 0 Å². The fourth-order valence-electron chi connectivity index (χ4n) is 4.10. The van der Waals surface area contributed by atoms with Crippen molar-refractivity contribution in [1.82, 2.24) is 10.0 Å². The van der Waals surface area contributed by atoms with E-state index in [9.17, 15) is 18.3 Å². The highest BCUT2D eigenvalue weighted by molar-refractivity contribution is 7.90. The number of hydrogen-bond donors (Lipinski definition) is 4. The summed E-state index contributed by atoms with van der Waals surface area (Å²) in [5, 5.41) is 22.8. The second-order valence-corrected chi connectivity index (χ2v) is 11.6. The molecule has 0 bridgehead atoms. The summed E-state index contributed by atoms with van der Waals surface area (Å²) in [6, 6.07) is 22.6. The van der Waals surface area contributed by atoms with Crippen LogP contribution in [0, 0.1) is 0 Å². The van der Waals surface area contributed by atoms with E-state index in [-0.39, 0.29) is 42.2 Å². The Bertz CT molecular complexity index is 1310. The fourth-order valence-corrected chi connectivity index (χ4v) is 5.10. The molecule has 0 saturated carbocycles. The van der Waals surface area contributed by atoms with Gasteiger partial charge in [0.25, 0.3) is 5.91 Å². The molecular weight excluding hydrogens is 516 g/mol. The van der Waals surface area contributed by atoms with Crippen molar-refractivity contribution in [3.63, 3.8) is 0 Å². The van der Waals surface area contributed by atoms with E-state index >= 15 is 0 Å². The molecule has 3 rings (SSSR count). The Hall–Kier alpha value is -3.24. The third-order valence-corrected chi connectivity index (χ3v) is 7.51. The van der Waals surface area contributed by atoms with Crippen molar-refractivity contribution in [2.75, 3.05) is 18.9 Å². The van der Waals surface area contributed by atoms with Crippen LogP contribution in [0.5, 0.6) is 5.75 Å². The van der Waals surface area contributed by atoms with E-state index in [1.807, 2.05) is 75.4 Å². The van der Waals surface area contributed by atoms with Crippen molar-refractivity contribution in [3.8, 4) is 16.9 Å². The average Bonchev–Trinajstić information content (AvgIpc) is 2.91. The first kappa shape index (κ1) is 30.3. The number of hydrogen-bond acceptors (Lipinski definition) is 7. The molecule has 4 N–H and O–H groups in total. The van der Waals surface area contributed by atoms with Gasteiger partial charge in [0.2, 0.25) is 10.0 Å². The van der Waals surface area contributed by atoms with Gasteiger partial charge in [-0.3, -0.25) is 4.79 Å². The van der Waals surface area contributed by atoms with Crippen molar-refractivity contribution in [2.45, 2.75) is 51.9 Å². The lowest BCUT2D eigenvalue weighted by Crippen LogP contribution is -2.33. The van der Waals surface area contributed by atoms with Crippen LogP contribution in [0.15, 0.2) is 72.8 Å². The van der Waals surface area contributed by atoms with E-state index in [0.717, 1.165) is 28.7 Å². The molecule has 0 unspecified atom stereocenters. The summed E-state index contributed by atoms with van der Waals surface area (Å²) in [6.45, 7) is 6.05. The van der Waals surface area contributed by atoms with Gasteiger partial charge in [-0.2, -0.15) is 0 Å². The number of aliphatic hydroxyl groups excluding tert-OH is 2. The number of sulfonamides is 1. The minimum absolute atomic E-state index is 0.0393. The molecule has 3 aromatic carbocycles. The first-order valence-electron chi connectivity index (χ1n) is 13.1. The quantitative estimate of drug-likeness (QED) is 0.239. The first-order valence-corrected chi connectivity index (χ1v) is 14.8. The Morgan fingerprint density at radius 2 is 1.62 bits per heavy atom. The van der Waals surface area contributed by atoms with E-state index in [4.69, 9.17) is 9.84 Å². The summed E-state index contributed by atoms with van der Waals surface area (Å²) >= 11 is 0. The zero-order chi connectivity index (χ0) is 28.4. The predicted octanol–water partition coefficient (Wildman–Crippen LogP) is 3.84. The van der Waals surface area contributed by atoms with E-state index in [1.165, 1.54) is 0 Å². The number of nitrogens with one attached hydrogen (secondary N) is 2. The Kier molecular flexibility index (Phi) is 11.1. The lowest BCUT2D eigenvalue weighted by atomic mass is 10.0. The number of carbonyl (C=O) groups excluding carboxylic acids is 1. The molecule has 0 aliphatic rings. The number of benzene rings is 3. The Morgan fingerprint density at radius 1 is 0.949 bits per heavy atom. The van der Waals surface area contributed by atoms with Gasteiger partial charge < -0.3 is 20.3 Å². The van der Waals surface area contributed by atoms with Crippen molar-refractivity contribution < 1.29 is 28.2 Å². The largest absolute Gasteiger partial charge is 0.490 e. The molecule has 0 radical (unpaired) electrons. The third-order valence-electron chi connectivity index (χ3n) is 6.19. The Labute approximate surface area is 231 Å². The molecule has 3 aromatic rings. The lowest BCUT2D eigenvalue weighted by molar-refractivity contribution is 0.0975. The van der Waals surface area contributed by atoms with Crippen LogP contribution in [0.4, 0.5) is 0 Å². The van der Waals surface area contributed by atoms with E-state index in [0.29, 0.717) is 6.54 Å². The highest BCUT2D eigenvalue weighted by Crippen LogP contribution is 2.29. The van der Waals surface area contributed by atoms with Crippen LogP contribution in [0.3, 0.4) is 0 Å². The molecule has 0 saturated heterocycles. The third kappa shape index (κ3) is 9.18. The van der Waals surface area contributed by atoms with Gasteiger partial charge in [-0.1, -0.05) is 60.7 Å². The molecule has 0 aliphatic heterocycles. The van der Waals surface area contributed by atoms with Gasteiger partial charge in [0.15, 0.2) is 0 Å². The van der Waals surface area contributed by atoms with Gasteiger partial charge in [-0.05, 0) is 74.5 Å². The summed E-state index contributed by atoms with van der Waals surface area (Å²) in [5.74, 6) is -0.830. The molecule has 39 heavy (non-hydrogen) atoms. The Morgan fingerprint density at radius 3 is 2.26 bits per heavy atom. The van der Waals surface area contributed by atoms with Crippen LogP contribution < -0.4 is 14.8 Å². The van der Waals surface area contributed by atoms with Crippen molar-refractivity contribution in [3.05, 3.63) is 89.5 Å².